The Morgan fingerprint density at radius 3 is 2.67 bits per heavy atom. The number of aromatic nitrogens is 2. The van der Waals surface area contributed by atoms with Crippen molar-refractivity contribution in [1.82, 2.24) is 9.55 Å². The first-order valence-corrected chi connectivity index (χ1v) is 11.8. The lowest BCUT2D eigenvalue weighted by molar-refractivity contribution is 0.0747. The molecule has 0 spiro atoms. The Balaban J connectivity index is 1.54. The number of halogens is 2. The topological polar surface area (TPSA) is 81.4 Å². The van der Waals surface area contributed by atoms with Crippen molar-refractivity contribution in [3.05, 3.63) is 111 Å². The second-order valence-corrected chi connectivity index (χ2v) is 8.97. The van der Waals surface area contributed by atoms with Gasteiger partial charge in [0.1, 0.15) is 17.1 Å². The minimum atomic E-state index is -1.52. The molecule has 2 aromatic carbocycles. The van der Waals surface area contributed by atoms with Gasteiger partial charge in [-0.1, -0.05) is 48.0 Å². The van der Waals surface area contributed by atoms with E-state index in [0.29, 0.717) is 53.1 Å². The summed E-state index contributed by atoms with van der Waals surface area (Å²) in [5, 5.41) is 10.7. The third kappa shape index (κ3) is 4.21. The van der Waals surface area contributed by atoms with E-state index in [0.717, 1.165) is 6.07 Å². The van der Waals surface area contributed by atoms with Crippen LogP contribution in [0.15, 0.2) is 67.0 Å². The molecule has 0 aliphatic carbocycles. The van der Waals surface area contributed by atoms with Crippen molar-refractivity contribution in [3.63, 3.8) is 0 Å². The Morgan fingerprint density at radius 2 is 1.94 bits per heavy atom. The normalized spacial score (nSPS) is 13.6. The van der Waals surface area contributed by atoms with Crippen LogP contribution in [0, 0.1) is 12.7 Å². The number of aliphatic hydroxyl groups is 1. The van der Waals surface area contributed by atoms with Gasteiger partial charge in [-0.15, -0.1) is 0 Å². The molecule has 1 unspecified atom stereocenters. The summed E-state index contributed by atoms with van der Waals surface area (Å²) in [6.07, 6.45) is 2.87. The predicted molar refractivity (Wildman–Crippen MR) is 133 cm³/mol. The van der Waals surface area contributed by atoms with E-state index < -0.39 is 17.7 Å². The number of carbonyl (C=O) groups excluding carboxylic acids is 2. The Kier molecular flexibility index (Phi) is 6.43. The van der Waals surface area contributed by atoms with Crippen molar-refractivity contribution in [3.8, 4) is 11.6 Å². The fourth-order valence-corrected chi connectivity index (χ4v) is 4.74. The molecule has 1 aliphatic rings. The van der Waals surface area contributed by atoms with Crippen LogP contribution in [0.3, 0.4) is 0 Å². The lowest BCUT2D eigenvalue weighted by Crippen LogP contribution is -2.14. The maximum absolute atomic E-state index is 15.4. The number of hydrogen-bond acceptors (Lipinski definition) is 5. The number of aliphatic hydroxyl groups excluding tert-OH is 1. The van der Waals surface area contributed by atoms with Crippen molar-refractivity contribution < 1.29 is 23.8 Å². The van der Waals surface area contributed by atoms with E-state index in [1.165, 1.54) is 22.9 Å². The molecule has 6 nitrogen and oxygen atoms in total. The molecule has 3 heterocycles. The summed E-state index contributed by atoms with van der Waals surface area (Å²) in [7, 11) is 0. The number of carbonyl (C=O) groups is 2. The van der Waals surface area contributed by atoms with Crippen molar-refractivity contribution >= 4 is 23.2 Å². The van der Waals surface area contributed by atoms with Gasteiger partial charge < -0.3 is 9.84 Å². The molecule has 5 rings (SSSR count). The number of ketones is 2. The number of benzene rings is 2. The van der Waals surface area contributed by atoms with E-state index in [1.54, 1.807) is 49.5 Å². The molecule has 182 valence electrons. The minimum absolute atomic E-state index is 0.103. The smallest absolute Gasteiger partial charge is 0.202 e. The quantitative estimate of drug-likeness (QED) is 0.279. The Labute approximate surface area is 211 Å². The largest absolute Gasteiger partial charge is 0.478 e. The molecule has 0 amide bonds. The highest BCUT2D eigenvalue weighted by molar-refractivity contribution is 6.34. The molecule has 0 radical (unpaired) electrons. The molecule has 0 fully saturated rings. The second-order valence-electron chi connectivity index (χ2n) is 8.61. The molecule has 36 heavy (non-hydrogen) atoms. The van der Waals surface area contributed by atoms with Crippen LogP contribution in [0.1, 0.15) is 55.5 Å². The van der Waals surface area contributed by atoms with Crippen molar-refractivity contribution in [2.24, 2.45) is 0 Å². The van der Waals surface area contributed by atoms with Gasteiger partial charge in [-0.25, -0.2) is 9.37 Å². The standard InChI is InChI=1S/C28H22ClFN2O4/c1-16-11-12-31-27(29)23(16)26(35)20-15-32(28-19(20)8-5-13-36-28)22-10-9-18(14-21(22)30)25(34)24(33)17-6-3-2-4-7-17/h2-4,6-7,9-12,14-15,25,34H,5,8,13H2,1H3. The fraction of sp³-hybridized carbons (Fsp3) is 0.179. The number of rotatable bonds is 6. The van der Waals surface area contributed by atoms with Gasteiger partial charge in [0.05, 0.1) is 17.9 Å². The Bertz CT molecular complexity index is 1460. The summed E-state index contributed by atoms with van der Waals surface area (Å²) < 4.78 is 22.7. The zero-order chi connectivity index (χ0) is 25.4. The SMILES string of the molecule is Cc1ccnc(Cl)c1C(=O)c1cn(-c2ccc(C(O)C(=O)c3ccccc3)cc2F)c2c1CCCO2. The van der Waals surface area contributed by atoms with Gasteiger partial charge >= 0.3 is 0 Å². The van der Waals surface area contributed by atoms with E-state index in [1.807, 2.05) is 0 Å². The van der Waals surface area contributed by atoms with Crippen LogP contribution < -0.4 is 4.74 Å². The van der Waals surface area contributed by atoms with Gasteiger partial charge in [0.15, 0.2) is 11.6 Å². The number of nitrogens with zero attached hydrogens (tertiary/aromatic N) is 2. The molecule has 2 aromatic heterocycles. The number of Topliss-reactive ketones (excluding diaryl/α,β-unsaturated/α-hetero) is 1. The van der Waals surface area contributed by atoms with E-state index in [2.05, 4.69) is 4.98 Å². The first kappa shape index (κ1) is 23.9. The molecular weight excluding hydrogens is 483 g/mol. The average Bonchev–Trinajstić information content (AvgIpc) is 3.27. The number of ether oxygens (including phenoxy) is 1. The van der Waals surface area contributed by atoms with E-state index in [9.17, 15) is 14.7 Å². The van der Waals surface area contributed by atoms with Crippen LogP contribution in [0.5, 0.6) is 5.88 Å². The highest BCUT2D eigenvalue weighted by atomic mass is 35.5. The molecule has 0 bridgehead atoms. The van der Waals surface area contributed by atoms with Gasteiger partial charge in [0, 0.05) is 29.1 Å². The van der Waals surface area contributed by atoms with Crippen LogP contribution in [-0.4, -0.2) is 32.8 Å². The zero-order valence-electron chi connectivity index (χ0n) is 19.4. The van der Waals surface area contributed by atoms with Gasteiger partial charge in [0.2, 0.25) is 5.88 Å². The number of fused-ring (bicyclic) bond motifs is 1. The molecule has 4 aromatic rings. The monoisotopic (exact) mass is 504 g/mol. The lowest BCUT2D eigenvalue weighted by atomic mass is 9.97. The Hall–Kier alpha value is -3.81. The average molecular weight is 505 g/mol. The van der Waals surface area contributed by atoms with Gasteiger partial charge in [-0.2, -0.15) is 0 Å². The third-order valence-corrected chi connectivity index (χ3v) is 6.60. The fourth-order valence-electron chi connectivity index (χ4n) is 4.45. The molecule has 1 N–H and O–H groups in total. The van der Waals surface area contributed by atoms with E-state index in [-0.39, 0.29) is 22.2 Å². The maximum atomic E-state index is 15.4. The first-order chi connectivity index (χ1) is 17.4. The lowest BCUT2D eigenvalue weighted by Gasteiger charge is -2.18. The highest BCUT2D eigenvalue weighted by Crippen LogP contribution is 2.36. The third-order valence-electron chi connectivity index (χ3n) is 6.31. The predicted octanol–water partition coefficient (Wildman–Crippen LogP) is 5.45. The highest BCUT2D eigenvalue weighted by Gasteiger charge is 2.29. The summed E-state index contributed by atoms with van der Waals surface area (Å²) in [6, 6.07) is 14.1. The van der Waals surface area contributed by atoms with E-state index in [4.69, 9.17) is 16.3 Å². The van der Waals surface area contributed by atoms with Crippen molar-refractivity contribution in [2.45, 2.75) is 25.9 Å². The molecule has 0 saturated carbocycles. The summed E-state index contributed by atoms with van der Waals surface area (Å²) in [5.74, 6) is -1.13. The van der Waals surface area contributed by atoms with Crippen molar-refractivity contribution in [1.29, 1.82) is 0 Å². The number of pyridine rings is 1. The van der Waals surface area contributed by atoms with Crippen LogP contribution in [-0.2, 0) is 6.42 Å². The summed E-state index contributed by atoms with van der Waals surface area (Å²) in [5.41, 5.74) is 2.60. The van der Waals surface area contributed by atoms with Gasteiger partial charge in [0.25, 0.3) is 0 Å². The summed E-state index contributed by atoms with van der Waals surface area (Å²) >= 11 is 6.24. The molecule has 0 saturated heterocycles. The molecule has 1 atom stereocenters. The number of hydrogen-bond donors (Lipinski definition) is 1. The first-order valence-electron chi connectivity index (χ1n) is 11.5. The molecule has 1 aliphatic heterocycles. The second kappa shape index (κ2) is 9.68. The van der Waals surface area contributed by atoms with Crippen LogP contribution in [0.2, 0.25) is 5.15 Å². The van der Waals surface area contributed by atoms with Gasteiger partial charge in [-0.05, 0) is 49.1 Å². The van der Waals surface area contributed by atoms with Crippen molar-refractivity contribution in [2.75, 3.05) is 6.61 Å². The molecule has 8 heteroatoms. The zero-order valence-corrected chi connectivity index (χ0v) is 20.1. The van der Waals surface area contributed by atoms with E-state index >= 15 is 4.39 Å². The van der Waals surface area contributed by atoms with Crippen LogP contribution in [0.4, 0.5) is 4.39 Å². The molecular formula is C28H22ClFN2O4. The minimum Gasteiger partial charge on any atom is -0.478 e. The Morgan fingerprint density at radius 1 is 1.17 bits per heavy atom. The summed E-state index contributed by atoms with van der Waals surface area (Å²) in [6.45, 7) is 2.21. The summed E-state index contributed by atoms with van der Waals surface area (Å²) in [4.78, 5) is 30.1. The maximum Gasteiger partial charge on any atom is 0.202 e. The van der Waals surface area contributed by atoms with Crippen LogP contribution >= 0.6 is 11.6 Å². The van der Waals surface area contributed by atoms with Gasteiger partial charge in [-0.3, -0.25) is 14.2 Å². The van der Waals surface area contributed by atoms with Crippen LogP contribution in [0.25, 0.3) is 5.69 Å². The number of aryl methyl sites for hydroxylation is 1.